The van der Waals surface area contributed by atoms with Crippen LogP contribution in [0, 0.1) is 24.7 Å². The first-order chi connectivity index (χ1) is 17.8. The molecule has 1 heterocycles. The van der Waals surface area contributed by atoms with Gasteiger partial charge in [-0.05, 0) is 74.4 Å². The highest BCUT2D eigenvalue weighted by Gasteiger charge is 2.50. The second-order valence-corrected chi connectivity index (χ2v) is 9.84. The van der Waals surface area contributed by atoms with Gasteiger partial charge in [-0.3, -0.25) is 29.4 Å². The van der Waals surface area contributed by atoms with Gasteiger partial charge in [0.15, 0.2) is 5.92 Å². The number of imide groups is 2. The lowest BCUT2D eigenvalue weighted by Gasteiger charge is -2.36. The van der Waals surface area contributed by atoms with E-state index in [-0.39, 0.29) is 23.4 Å². The molecule has 2 bridgehead atoms. The molecule has 3 N–H and O–H groups in total. The Balaban J connectivity index is 1.18. The predicted octanol–water partition coefficient (Wildman–Crippen LogP) is 2.85. The van der Waals surface area contributed by atoms with Crippen molar-refractivity contribution in [2.75, 3.05) is 5.32 Å². The van der Waals surface area contributed by atoms with E-state index in [1.807, 2.05) is 19.1 Å². The van der Waals surface area contributed by atoms with Gasteiger partial charge in [0.2, 0.25) is 11.8 Å². The molecule has 10 heteroatoms. The third-order valence-electron chi connectivity index (χ3n) is 7.38. The molecule has 1 aliphatic heterocycles. The van der Waals surface area contributed by atoms with Gasteiger partial charge in [-0.25, -0.2) is 10.2 Å². The fourth-order valence-corrected chi connectivity index (χ4v) is 5.43. The first kappa shape index (κ1) is 24.4. The number of urea groups is 1. The SMILES string of the molecule is Cc1ccc(C(=O)Nc2ccc(C(=O)N/N=C\[C@H]3C(=O)NC(=O)N([C@@H]4C[C@H]5CC[C@H]4C5)C3=O)cc2)cc1. The molecule has 2 saturated carbocycles. The molecule has 0 unspecified atom stereocenters. The third-order valence-corrected chi connectivity index (χ3v) is 7.38. The number of barbiturate groups is 1. The van der Waals surface area contributed by atoms with Gasteiger partial charge in [-0.1, -0.05) is 24.1 Å². The third kappa shape index (κ3) is 5.00. The van der Waals surface area contributed by atoms with Crippen molar-refractivity contribution in [2.45, 2.75) is 38.6 Å². The summed E-state index contributed by atoms with van der Waals surface area (Å²) in [6.07, 6.45) is 4.90. The summed E-state index contributed by atoms with van der Waals surface area (Å²) < 4.78 is 0. The number of amides is 6. The van der Waals surface area contributed by atoms with Gasteiger partial charge in [-0.2, -0.15) is 5.10 Å². The highest BCUT2D eigenvalue weighted by molar-refractivity contribution is 6.23. The van der Waals surface area contributed by atoms with Crippen molar-refractivity contribution in [1.29, 1.82) is 0 Å². The number of aryl methyl sites for hydroxylation is 1. The molecule has 3 aliphatic rings. The Bertz CT molecular complexity index is 1290. The molecule has 1 saturated heterocycles. The zero-order valence-corrected chi connectivity index (χ0v) is 20.3. The Morgan fingerprint density at radius 2 is 1.62 bits per heavy atom. The van der Waals surface area contributed by atoms with E-state index in [2.05, 4.69) is 21.2 Å². The van der Waals surface area contributed by atoms with Crippen molar-refractivity contribution in [3.63, 3.8) is 0 Å². The largest absolute Gasteiger partial charge is 0.331 e. The van der Waals surface area contributed by atoms with Crippen LogP contribution < -0.4 is 16.1 Å². The van der Waals surface area contributed by atoms with Crippen LogP contribution in [-0.2, 0) is 9.59 Å². The van der Waals surface area contributed by atoms with Crippen molar-refractivity contribution < 1.29 is 24.0 Å². The van der Waals surface area contributed by atoms with E-state index in [0.717, 1.165) is 37.5 Å². The van der Waals surface area contributed by atoms with Crippen LogP contribution in [0.5, 0.6) is 0 Å². The molecule has 10 nitrogen and oxygen atoms in total. The quantitative estimate of drug-likeness (QED) is 0.318. The molecule has 3 fully saturated rings. The van der Waals surface area contributed by atoms with Crippen LogP contribution in [0.4, 0.5) is 10.5 Å². The van der Waals surface area contributed by atoms with Crippen LogP contribution in [0.1, 0.15) is 52.0 Å². The Kier molecular flexibility index (Phi) is 6.56. The molecule has 2 aromatic carbocycles. The standard InChI is InChI=1S/C27H27N5O5/c1-15-2-5-17(6-3-15)23(33)29-20-10-8-18(9-11-20)24(34)31-28-14-21-25(35)30-27(37)32(26(21)36)22-13-16-4-7-19(22)12-16/h2-3,5-6,8-11,14,16,19,21-22H,4,7,12-13H2,1H3,(H,29,33)(H,31,34)(H,30,35,37)/b28-14-/t16-,19-,21-,22+/m0/s1. The number of fused-ring (bicyclic) bond motifs is 2. The van der Waals surface area contributed by atoms with Crippen molar-refractivity contribution in [3.8, 4) is 0 Å². The molecule has 0 aromatic heterocycles. The molecular formula is C27H27N5O5. The van der Waals surface area contributed by atoms with E-state index >= 15 is 0 Å². The summed E-state index contributed by atoms with van der Waals surface area (Å²) in [5, 5.41) is 8.82. The molecule has 0 spiro atoms. The summed E-state index contributed by atoms with van der Waals surface area (Å²) in [7, 11) is 0. The van der Waals surface area contributed by atoms with Crippen molar-refractivity contribution in [2.24, 2.45) is 22.9 Å². The van der Waals surface area contributed by atoms with Crippen LogP contribution >= 0.6 is 0 Å². The average Bonchev–Trinajstić information content (AvgIpc) is 3.50. The van der Waals surface area contributed by atoms with E-state index in [4.69, 9.17) is 0 Å². The fraction of sp³-hybridized carbons (Fsp3) is 0.333. The molecular weight excluding hydrogens is 474 g/mol. The normalized spacial score (nSPS) is 24.9. The molecule has 4 atom stereocenters. The summed E-state index contributed by atoms with van der Waals surface area (Å²) in [4.78, 5) is 63.7. The van der Waals surface area contributed by atoms with Crippen molar-refractivity contribution in [1.82, 2.24) is 15.6 Å². The van der Waals surface area contributed by atoms with Crippen LogP contribution in [0.3, 0.4) is 0 Å². The smallest absolute Gasteiger partial charge is 0.322 e. The van der Waals surface area contributed by atoms with E-state index in [0.29, 0.717) is 17.2 Å². The van der Waals surface area contributed by atoms with Gasteiger partial charge in [0, 0.05) is 29.1 Å². The minimum Gasteiger partial charge on any atom is -0.322 e. The van der Waals surface area contributed by atoms with E-state index in [1.165, 1.54) is 17.0 Å². The summed E-state index contributed by atoms with van der Waals surface area (Å²) in [5.41, 5.74) is 4.66. The molecule has 0 radical (unpaired) electrons. The Hall–Kier alpha value is -4.34. The number of anilines is 1. The van der Waals surface area contributed by atoms with Crippen LogP contribution in [0.15, 0.2) is 53.6 Å². The zero-order chi connectivity index (χ0) is 26.1. The van der Waals surface area contributed by atoms with E-state index < -0.39 is 29.7 Å². The number of carbonyl (C=O) groups is 5. The number of hydrogen-bond acceptors (Lipinski definition) is 6. The molecule has 6 amide bonds. The number of nitrogens with zero attached hydrogens (tertiary/aromatic N) is 2. The molecule has 2 aromatic rings. The number of hydrazone groups is 1. The second kappa shape index (κ2) is 9.96. The van der Waals surface area contributed by atoms with Gasteiger partial charge >= 0.3 is 6.03 Å². The van der Waals surface area contributed by atoms with Gasteiger partial charge < -0.3 is 5.32 Å². The van der Waals surface area contributed by atoms with Gasteiger partial charge in [0.25, 0.3) is 11.8 Å². The molecule has 190 valence electrons. The van der Waals surface area contributed by atoms with Crippen LogP contribution in [-0.4, -0.2) is 46.8 Å². The highest BCUT2D eigenvalue weighted by atomic mass is 16.2. The lowest BCUT2D eigenvalue weighted by atomic mass is 9.92. The monoisotopic (exact) mass is 501 g/mol. The Morgan fingerprint density at radius 1 is 0.946 bits per heavy atom. The maximum Gasteiger partial charge on any atom is 0.331 e. The minimum atomic E-state index is -1.29. The minimum absolute atomic E-state index is 0.199. The van der Waals surface area contributed by atoms with E-state index in [9.17, 15) is 24.0 Å². The van der Waals surface area contributed by atoms with Gasteiger partial charge in [0.05, 0.1) is 0 Å². The summed E-state index contributed by atoms with van der Waals surface area (Å²) in [5.74, 6) is -2.71. The first-order valence-electron chi connectivity index (χ1n) is 12.3. The topological polar surface area (TPSA) is 137 Å². The maximum atomic E-state index is 13.0. The number of benzene rings is 2. The summed E-state index contributed by atoms with van der Waals surface area (Å²) >= 11 is 0. The molecule has 2 aliphatic carbocycles. The van der Waals surface area contributed by atoms with Crippen molar-refractivity contribution >= 4 is 41.6 Å². The Morgan fingerprint density at radius 3 is 2.27 bits per heavy atom. The predicted molar refractivity (Wildman–Crippen MR) is 135 cm³/mol. The fourth-order valence-electron chi connectivity index (χ4n) is 5.43. The average molecular weight is 502 g/mol. The number of nitrogens with one attached hydrogen (secondary N) is 3. The lowest BCUT2D eigenvalue weighted by Crippen LogP contribution is -2.62. The molecule has 37 heavy (non-hydrogen) atoms. The van der Waals surface area contributed by atoms with Crippen LogP contribution in [0.25, 0.3) is 0 Å². The number of hydrogen-bond donors (Lipinski definition) is 3. The zero-order valence-electron chi connectivity index (χ0n) is 20.3. The maximum absolute atomic E-state index is 13.0. The van der Waals surface area contributed by atoms with Gasteiger partial charge in [-0.15, -0.1) is 0 Å². The van der Waals surface area contributed by atoms with E-state index in [1.54, 1.807) is 24.3 Å². The van der Waals surface area contributed by atoms with Crippen molar-refractivity contribution in [3.05, 3.63) is 65.2 Å². The van der Waals surface area contributed by atoms with Gasteiger partial charge in [0.1, 0.15) is 0 Å². The number of carbonyl (C=O) groups excluding carboxylic acids is 5. The summed E-state index contributed by atoms with van der Waals surface area (Å²) in [6.45, 7) is 1.94. The number of rotatable bonds is 6. The Labute approximate surface area is 213 Å². The lowest BCUT2D eigenvalue weighted by molar-refractivity contribution is -0.141. The summed E-state index contributed by atoms with van der Waals surface area (Å²) in [6, 6.07) is 12.5. The van der Waals surface area contributed by atoms with Crippen LogP contribution in [0.2, 0.25) is 0 Å². The first-order valence-corrected chi connectivity index (χ1v) is 12.3. The second-order valence-electron chi connectivity index (χ2n) is 9.84. The molecule has 5 rings (SSSR count). The highest BCUT2D eigenvalue weighted by Crippen LogP contribution is 2.47.